The van der Waals surface area contributed by atoms with Crippen LogP contribution >= 0.6 is 15.3 Å². The van der Waals surface area contributed by atoms with Crippen LogP contribution in [0.25, 0.3) is 0 Å². The summed E-state index contributed by atoms with van der Waals surface area (Å²) in [5.74, 6) is -0.836. The number of hydrogen-bond donors (Lipinski definition) is 0. The Balaban J connectivity index is 2.59. The zero-order valence-corrected chi connectivity index (χ0v) is 17.6. The lowest BCUT2D eigenvalue weighted by atomic mass is 10.2. The molecular formula is C16H27NO7P2. The van der Waals surface area contributed by atoms with Gasteiger partial charge in [0, 0.05) is 0 Å². The second kappa shape index (κ2) is 8.87. The molecule has 1 aromatic carbocycles. The topological polar surface area (TPSA) is 83.5 Å². The molecule has 1 aromatic rings. The van der Waals surface area contributed by atoms with Gasteiger partial charge in [0.15, 0.2) is 0 Å². The monoisotopic (exact) mass is 407 g/mol. The van der Waals surface area contributed by atoms with Gasteiger partial charge in [-0.15, -0.1) is 0 Å². The minimum atomic E-state index is -3.84. The lowest BCUT2D eigenvalue weighted by Crippen LogP contribution is -2.35. The lowest BCUT2D eigenvalue weighted by Gasteiger charge is -2.33. The van der Waals surface area contributed by atoms with Crippen molar-refractivity contribution in [3.63, 3.8) is 0 Å². The maximum absolute atomic E-state index is 13.5. The normalized spacial score (nSPS) is 17.3. The molecule has 0 radical (unpaired) electrons. The molecule has 148 valence electrons. The van der Waals surface area contributed by atoms with Gasteiger partial charge in [0.05, 0.1) is 32.1 Å². The standard InChI is InChI=1S/C16H27NO7P2/c1-6-20-25(18,21-7-2)16-17(26(19,22-8-3)23-9-4)14-11-10-13(5)12-15(14)24-16/h10-12,16H,6-9H2,1-5H3. The molecule has 1 heterocycles. The molecule has 1 unspecified atom stereocenters. The molecule has 1 atom stereocenters. The van der Waals surface area contributed by atoms with Crippen molar-refractivity contribution >= 4 is 21.0 Å². The van der Waals surface area contributed by atoms with E-state index in [-0.39, 0.29) is 26.4 Å². The average molecular weight is 407 g/mol. The van der Waals surface area contributed by atoms with Crippen molar-refractivity contribution in [1.29, 1.82) is 0 Å². The van der Waals surface area contributed by atoms with E-state index in [1.807, 2.05) is 13.0 Å². The smallest absolute Gasteiger partial charge is 0.438 e. The largest absolute Gasteiger partial charge is 0.455 e. The Morgan fingerprint density at radius 2 is 1.50 bits per heavy atom. The van der Waals surface area contributed by atoms with Crippen molar-refractivity contribution in [3.8, 4) is 5.75 Å². The summed E-state index contributed by atoms with van der Waals surface area (Å²) >= 11 is 0. The Morgan fingerprint density at radius 1 is 0.962 bits per heavy atom. The molecule has 10 heteroatoms. The predicted molar refractivity (Wildman–Crippen MR) is 99.8 cm³/mol. The molecule has 0 N–H and O–H groups in total. The van der Waals surface area contributed by atoms with E-state index in [0.29, 0.717) is 11.4 Å². The fraction of sp³-hybridized carbons (Fsp3) is 0.625. The van der Waals surface area contributed by atoms with Crippen LogP contribution in [0.15, 0.2) is 18.2 Å². The fourth-order valence-corrected chi connectivity index (χ4v) is 6.79. The average Bonchev–Trinajstić information content (AvgIpc) is 2.95. The van der Waals surface area contributed by atoms with E-state index in [1.54, 1.807) is 39.8 Å². The highest BCUT2D eigenvalue weighted by Crippen LogP contribution is 2.68. The quantitative estimate of drug-likeness (QED) is 0.505. The molecule has 0 spiro atoms. The van der Waals surface area contributed by atoms with Crippen LogP contribution in [0.3, 0.4) is 0 Å². The molecule has 0 aromatic heterocycles. The molecule has 0 aliphatic carbocycles. The highest BCUT2D eigenvalue weighted by Gasteiger charge is 2.55. The van der Waals surface area contributed by atoms with Crippen molar-refractivity contribution in [2.75, 3.05) is 31.1 Å². The summed E-state index contributed by atoms with van der Waals surface area (Å²) in [6.45, 7) is 9.31. The van der Waals surface area contributed by atoms with E-state index in [2.05, 4.69) is 0 Å². The Bertz CT molecular complexity index is 692. The van der Waals surface area contributed by atoms with Crippen LogP contribution < -0.4 is 9.41 Å². The first-order valence-corrected chi connectivity index (χ1v) is 11.8. The number of hydrogen-bond acceptors (Lipinski definition) is 7. The van der Waals surface area contributed by atoms with Crippen molar-refractivity contribution in [2.45, 2.75) is 40.6 Å². The van der Waals surface area contributed by atoms with Crippen LogP contribution in [-0.4, -0.2) is 32.4 Å². The number of benzene rings is 1. The van der Waals surface area contributed by atoms with Crippen molar-refractivity contribution in [2.24, 2.45) is 0 Å². The second-order valence-electron chi connectivity index (χ2n) is 5.44. The van der Waals surface area contributed by atoms with Gasteiger partial charge in [-0.3, -0.25) is 13.6 Å². The van der Waals surface area contributed by atoms with Gasteiger partial charge in [0.25, 0.3) is 5.97 Å². The molecular weight excluding hydrogens is 380 g/mol. The third-order valence-electron chi connectivity index (χ3n) is 3.54. The van der Waals surface area contributed by atoms with Crippen LogP contribution in [0, 0.1) is 6.92 Å². The maximum Gasteiger partial charge on any atom is 0.438 e. The summed E-state index contributed by atoms with van der Waals surface area (Å²) in [7, 11) is -7.63. The minimum absolute atomic E-state index is 0.147. The van der Waals surface area contributed by atoms with Crippen molar-refractivity contribution < 1.29 is 32.0 Å². The predicted octanol–water partition coefficient (Wildman–Crippen LogP) is 4.92. The van der Waals surface area contributed by atoms with Gasteiger partial charge in [0.2, 0.25) is 0 Å². The second-order valence-corrected chi connectivity index (χ2v) is 9.36. The number of anilines is 1. The summed E-state index contributed by atoms with van der Waals surface area (Å²) in [5.41, 5.74) is 1.40. The third-order valence-corrected chi connectivity index (χ3v) is 7.96. The Hall–Kier alpha value is -0.880. The maximum atomic E-state index is 13.5. The van der Waals surface area contributed by atoms with Gasteiger partial charge in [-0.05, 0) is 52.3 Å². The molecule has 0 amide bonds. The molecule has 0 bridgehead atoms. The van der Waals surface area contributed by atoms with E-state index < -0.39 is 21.3 Å². The fourth-order valence-electron chi connectivity index (χ4n) is 2.65. The Morgan fingerprint density at radius 3 is 2.00 bits per heavy atom. The third kappa shape index (κ3) is 4.16. The Labute approximate surface area is 154 Å². The molecule has 1 aliphatic heterocycles. The number of nitrogens with zero attached hydrogens (tertiary/aromatic N) is 1. The van der Waals surface area contributed by atoms with Crippen LogP contribution in [0.5, 0.6) is 5.75 Å². The molecule has 2 rings (SSSR count). The van der Waals surface area contributed by atoms with Gasteiger partial charge >= 0.3 is 15.3 Å². The van der Waals surface area contributed by atoms with Gasteiger partial charge < -0.3 is 13.8 Å². The molecule has 0 fully saturated rings. The first-order valence-electron chi connectivity index (χ1n) is 8.70. The van der Waals surface area contributed by atoms with Crippen molar-refractivity contribution in [3.05, 3.63) is 23.8 Å². The molecule has 0 saturated heterocycles. The molecule has 0 saturated carbocycles. The molecule has 26 heavy (non-hydrogen) atoms. The highest BCUT2D eigenvalue weighted by atomic mass is 31.2. The van der Waals surface area contributed by atoms with Crippen molar-refractivity contribution in [1.82, 2.24) is 0 Å². The van der Waals surface area contributed by atoms with E-state index in [9.17, 15) is 9.13 Å². The summed E-state index contributed by atoms with van der Waals surface area (Å²) < 4.78 is 55.9. The van der Waals surface area contributed by atoms with Gasteiger partial charge in [-0.1, -0.05) is 6.07 Å². The first-order chi connectivity index (χ1) is 12.3. The number of rotatable bonds is 10. The summed E-state index contributed by atoms with van der Waals surface area (Å²) in [5, 5.41) is 0. The Kier molecular flexibility index (Phi) is 7.31. The zero-order chi connectivity index (χ0) is 19.4. The van der Waals surface area contributed by atoms with Crippen LogP contribution in [0.2, 0.25) is 0 Å². The van der Waals surface area contributed by atoms with Gasteiger partial charge in [-0.2, -0.15) is 0 Å². The van der Waals surface area contributed by atoms with Crippen LogP contribution in [0.4, 0.5) is 5.69 Å². The number of ether oxygens (including phenoxy) is 1. The number of aryl methyl sites for hydroxylation is 1. The van der Waals surface area contributed by atoms with E-state index >= 15 is 0 Å². The van der Waals surface area contributed by atoms with E-state index in [0.717, 1.165) is 5.56 Å². The van der Waals surface area contributed by atoms with Crippen LogP contribution in [-0.2, 0) is 27.2 Å². The van der Waals surface area contributed by atoms with E-state index in [1.165, 1.54) is 4.67 Å². The molecule has 8 nitrogen and oxygen atoms in total. The first kappa shape index (κ1) is 21.4. The highest BCUT2D eigenvalue weighted by molar-refractivity contribution is 7.60. The summed E-state index contributed by atoms with van der Waals surface area (Å²) in [6.07, 6.45) is 0. The summed E-state index contributed by atoms with van der Waals surface area (Å²) in [4.78, 5) is 0. The minimum Gasteiger partial charge on any atom is -0.455 e. The number of fused-ring (bicyclic) bond motifs is 1. The van der Waals surface area contributed by atoms with Crippen LogP contribution in [0.1, 0.15) is 33.3 Å². The van der Waals surface area contributed by atoms with Gasteiger partial charge in [-0.25, -0.2) is 9.24 Å². The SMILES string of the molecule is CCOP(=O)(OCC)C1Oc2cc(C)ccc2N1P(=O)(OCC)OCC. The zero-order valence-electron chi connectivity index (χ0n) is 15.8. The lowest BCUT2D eigenvalue weighted by molar-refractivity contribution is 0.163. The van der Waals surface area contributed by atoms with Gasteiger partial charge in [0.1, 0.15) is 5.75 Å². The molecule has 1 aliphatic rings. The van der Waals surface area contributed by atoms with E-state index in [4.69, 9.17) is 22.8 Å². The summed E-state index contributed by atoms with van der Waals surface area (Å²) in [6, 6.07) is 5.34.